The van der Waals surface area contributed by atoms with Crippen molar-refractivity contribution in [3.05, 3.63) is 36.4 Å². The van der Waals surface area contributed by atoms with E-state index in [-0.39, 0.29) is 0 Å². The molecule has 0 aromatic heterocycles. The topological polar surface area (TPSA) is 60.7 Å². The molecule has 1 aromatic rings. The Labute approximate surface area is 61.2 Å². The molecule has 0 aliphatic carbocycles. The maximum absolute atomic E-state index is 7.31. The van der Waals surface area contributed by atoms with Gasteiger partial charge in [-0.05, 0) is 0 Å². The molecule has 0 saturated carbocycles. The summed E-state index contributed by atoms with van der Waals surface area (Å²) in [6.45, 7) is 0. The van der Waals surface area contributed by atoms with E-state index in [2.05, 4.69) is 0 Å². The van der Waals surface area contributed by atoms with Crippen molar-refractivity contribution in [2.75, 3.05) is 0 Å². The zero-order valence-electron chi connectivity index (χ0n) is 5.38. The molecule has 0 aliphatic rings. The van der Waals surface area contributed by atoms with Crippen LogP contribution in [0, 0.1) is 0 Å². The SMILES string of the molecule is O[SiH](O)O.c1ccccc1. The van der Waals surface area contributed by atoms with Crippen LogP contribution in [0.25, 0.3) is 0 Å². The Balaban J connectivity index is 0.000000180. The normalized spacial score (nSPS) is 8.40. The minimum atomic E-state index is -3.14. The fraction of sp³-hybridized carbons (Fsp3) is 0. The van der Waals surface area contributed by atoms with Crippen LogP contribution in [0.1, 0.15) is 0 Å². The van der Waals surface area contributed by atoms with Crippen molar-refractivity contribution in [2.45, 2.75) is 0 Å². The smallest absolute Gasteiger partial charge is 0.392 e. The highest BCUT2D eigenvalue weighted by Gasteiger charge is 1.83. The van der Waals surface area contributed by atoms with Crippen molar-refractivity contribution in [3.63, 3.8) is 0 Å². The second-order valence-electron chi connectivity index (χ2n) is 1.50. The van der Waals surface area contributed by atoms with E-state index in [1.54, 1.807) is 0 Å². The maximum atomic E-state index is 7.31. The molecule has 1 rings (SSSR count). The largest absolute Gasteiger partial charge is 0.475 e. The van der Waals surface area contributed by atoms with Crippen molar-refractivity contribution >= 4 is 9.53 Å². The first-order chi connectivity index (χ1) is 4.73. The van der Waals surface area contributed by atoms with Crippen LogP contribution in [-0.2, 0) is 0 Å². The third-order valence-electron chi connectivity index (χ3n) is 0.667. The van der Waals surface area contributed by atoms with E-state index in [1.807, 2.05) is 36.4 Å². The molecule has 0 radical (unpaired) electrons. The Morgan fingerprint density at radius 3 is 0.800 bits per heavy atom. The van der Waals surface area contributed by atoms with Crippen LogP contribution in [0.15, 0.2) is 36.4 Å². The number of rotatable bonds is 0. The lowest BCUT2D eigenvalue weighted by Gasteiger charge is -1.74. The third-order valence-corrected chi connectivity index (χ3v) is 0.667. The first kappa shape index (κ1) is 9.32. The van der Waals surface area contributed by atoms with Gasteiger partial charge in [-0.25, -0.2) is 0 Å². The molecule has 3 nitrogen and oxygen atoms in total. The molecule has 0 heterocycles. The first-order valence-electron chi connectivity index (χ1n) is 2.77. The third kappa shape index (κ3) is 10.3. The van der Waals surface area contributed by atoms with Gasteiger partial charge in [-0.2, -0.15) is 0 Å². The first-order valence-corrected chi connectivity index (χ1v) is 4.32. The van der Waals surface area contributed by atoms with Crippen molar-refractivity contribution in [3.8, 4) is 0 Å². The van der Waals surface area contributed by atoms with Gasteiger partial charge >= 0.3 is 9.53 Å². The average Bonchev–Trinajstić information content (AvgIpc) is 1.90. The highest BCUT2D eigenvalue weighted by Crippen LogP contribution is 1.79. The fourth-order valence-electron chi connectivity index (χ4n) is 0.385. The average molecular weight is 158 g/mol. The van der Waals surface area contributed by atoms with Crippen molar-refractivity contribution < 1.29 is 14.4 Å². The second kappa shape index (κ2) is 6.44. The quantitative estimate of drug-likeness (QED) is 0.440. The summed E-state index contributed by atoms with van der Waals surface area (Å²) in [6, 6.07) is 12.0. The molecule has 0 fully saturated rings. The van der Waals surface area contributed by atoms with E-state index in [1.165, 1.54) is 0 Å². The Morgan fingerprint density at radius 1 is 0.600 bits per heavy atom. The highest BCUT2D eigenvalue weighted by molar-refractivity contribution is 6.30. The van der Waals surface area contributed by atoms with Crippen LogP contribution in [0.5, 0.6) is 0 Å². The zero-order chi connectivity index (χ0) is 7.82. The lowest BCUT2D eigenvalue weighted by atomic mass is 10.4. The molecule has 0 bridgehead atoms. The van der Waals surface area contributed by atoms with Gasteiger partial charge in [-0.15, -0.1) is 0 Å². The highest BCUT2D eigenvalue weighted by atomic mass is 28.3. The summed E-state index contributed by atoms with van der Waals surface area (Å²) in [5.41, 5.74) is 0. The molecule has 0 atom stereocenters. The van der Waals surface area contributed by atoms with Gasteiger partial charge in [0.2, 0.25) is 0 Å². The van der Waals surface area contributed by atoms with Gasteiger partial charge in [0.05, 0.1) is 0 Å². The van der Waals surface area contributed by atoms with Gasteiger partial charge in [0.15, 0.2) is 0 Å². The van der Waals surface area contributed by atoms with Crippen LogP contribution in [0.3, 0.4) is 0 Å². The van der Waals surface area contributed by atoms with Crippen molar-refractivity contribution in [1.82, 2.24) is 0 Å². The maximum Gasteiger partial charge on any atom is 0.475 e. The van der Waals surface area contributed by atoms with Crippen LogP contribution >= 0.6 is 0 Å². The molecule has 0 saturated heterocycles. The Kier molecular flexibility index (Phi) is 6.00. The monoisotopic (exact) mass is 158 g/mol. The van der Waals surface area contributed by atoms with Gasteiger partial charge in [-0.1, -0.05) is 36.4 Å². The number of hydrogen-bond donors (Lipinski definition) is 3. The minimum Gasteiger partial charge on any atom is -0.392 e. The van der Waals surface area contributed by atoms with E-state index in [4.69, 9.17) is 14.4 Å². The Bertz CT molecular complexity index is 113. The van der Waals surface area contributed by atoms with E-state index in [0.717, 1.165) is 0 Å². The number of hydrogen-bond acceptors (Lipinski definition) is 3. The van der Waals surface area contributed by atoms with Crippen molar-refractivity contribution in [1.29, 1.82) is 0 Å². The summed E-state index contributed by atoms with van der Waals surface area (Å²) in [5.74, 6) is 0. The predicted molar refractivity (Wildman–Crippen MR) is 40.2 cm³/mol. The number of benzene rings is 1. The molecule has 56 valence electrons. The van der Waals surface area contributed by atoms with Crippen molar-refractivity contribution in [2.24, 2.45) is 0 Å². The summed E-state index contributed by atoms with van der Waals surface area (Å²) in [7, 11) is -3.14. The molecule has 0 spiro atoms. The van der Waals surface area contributed by atoms with Gasteiger partial charge in [-0.3, -0.25) is 0 Å². The minimum absolute atomic E-state index is 2.00. The van der Waals surface area contributed by atoms with E-state index in [9.17, 15) is 0 Å². The molecule has 4 heteroatoms. The summed E-state index contributed by atoms with van der Waals surface area (Å²) >= 11 is 0. The molecule has 10 heavy (non-hydrogen) atoms. The van der Waals surface area contributed by atoms with Gasteiger partial charge < -0.3 is 14.4 Å². The summed E-state index contributed by atoms with van der Waals surface area (Å²) in [5, 5.41) is 0. The summed E-state index contributed by atoms with van der Waals surface area (Å²) in [4.78, 5) is 21.9. The van der Waals surface area contributed by atoms with Gasteiger partial charge in [0.1, 0.15) is 0 Å². The fourth-order valence-corrected chi connectivity index (χ4v) is 0.385. The standard InChI is InChI=1S/C6H6.H4O3Si/c1-2-4-6-5-3-1;1-4(2)3/h1-6H;1-4H. The molecular weight excluding hydrogens is 148 g/mol. The Morgan fingerprint density at radius 2 is 0.700 bits per heavy atom. The molecule has 0 unspecified atom stereocenters. The molecule has 0 amide bonds. The zero-order valence-corrected chi connectivity index (χ0v) is 6.54. The molecule has 3 N–H and O–H groups in total. The van der Waals surface area contributed by atoms with E-state index >= 15 is 0 Å². The molecular formula is C6H10O3Si. The van der Waals surface area contributed by atoms with Gasteiger partial charge in [0, 0.05) is 0 Å². The Hall–Kier alpha value is -0.683. The van der Waals surface area contributed by atoms with E-state index in [0.29, 0.717) is 0 Å². The van der Waals surface area contributed by atoms with E-state index < -0.39 is 9.53 Å². The molecule has 0 aliphatic heterocycles. The second-order valence-corrected chi connectivity index (χ2v) is 2.19. The lowest BCUT2D eigenvalue weighted by Crippen LogP contribution is -2.07. The summed E-state index contributed by atoms with van der Waals surface area (Å²) < 4.78 is 0. The van der Waals surface area contributed by atoms with Crippen LogP contribution in [0.4, 0.5) is 0 Å². The van der Waals surface area contributed by atoms with Crippen LogP contribution in [0.2, 0.25) is 0 Å². The van der Waals surface area contributed by atoms with Crippen LogP contribution in [-0.4, -0.2) is 23.9 Å². The predicted octanol–water partition coefficient (Wildman–Crippen LogP) is -0.633. The van der Waals surface area contributed by atoms with Crippen LogP contribution < -0.4 is 0 Å². The summed E-state index contributed by atoms with van der Waals surface area (Å²) in [6.07, 6.45) is 0. The lowest BCUT2D eigenvalue weighted by molar-refractivity contribution is 0.278. The molecule has 1 aromatic carbocycles. The van der Waals surface area contributed by atoms with Gasteiger partial charge in [0.25, 0.3) is 0 Å².